The van der Waals surface area contributed by atoms with E-state index in [1.807, 2.05) is 36.4 Å². The molecule has 0 saturated heterocycles. The number of hydrogen-bond donors (Lipinski definition) is 0. The van der Waals surface area contributed by atoms with Gasteiger partial charge in [-0.15, -0.1) is 11.3 Å². The van der Waals surface area contributed by atoms with Crippen LogP contribution in [0.3, 0.4) is 0 Å². The first kappa shape index (κ1) is 14.3. The Morgan fingerprint density at radius 3 is 2.42 bits per heavy atom. The van der Waals surface area contributed by atoms with Gasteiger partial charge in [-0.1, -0.05) is 62.2 Å². The molecule has 0 aliphatic carbocycles. The van der Waals surface area contributed by atoms with Crippen LogP contribution in [0.1, 0.15) is 41.4 Å². The van der Waals surface area contributed by atoms with E-state index in [4.69, 9.17) is 11.6 Å². The van der Waals surface area contributed by atoms with E-state index in [1.165, 1.54) is 11.3 Å². The van der Waals surface area contributed by atoms with E-state index in [2.05, 4.69) is 13.8 Å². The van der Waals surface area contributed by atoms with E-state index < -0.39 is 0 Å². The highest BCUT2D eigenvalue weighted by Crippen LogP contribution is 2.33. The van der Waals surface area contributed by atoms with E-state index in [1.54, 1.807) is 6.07 Å². The standard InChI is InChI=1S/C16H17ClOS/c1-3-11(2)15(12-7-5-4-6-8-12)16(18)13-9-10-14(17)19-13/h4-11,15H,3H2,1-2H3. The van der Waals surface area contributed by atoms with Crippen molar-refractivity contribution in [1.82, 2.24) is 0 Å². The molecule has 3 heteroatoms. The van der Waals surface area contributed by atoms with Crippen molar-refractivity contribution < 1.29 is 4.79 Å². The van der Waals surface area contributed by atoms with Crippen molar-refractivity contribution in [3.63, 3.8) is 0 Å². The summed E-state index contributed by atoms with van der Waals surface area (Å²) in [5.41, 5.74) is 1.09. The summed E-state index contributed by atoms with van der Waals surface area (Å²) >= 11 is 7.30. The molecular formula is C16H17ClOS. The summed E-state index contributed by atoms with van der Waals surface area (Å²) in [6, 6.07) is 13.6. The van der Waals surface area contributed by atoms with E-state index >= 15 is 0 Å². The van der Waals surface area contributed by atoms with Gasteiger partial charge >= 0.3 is 0 Å². The largest absolute Gasteiger partial charge is 0.293 e. The highest BCUT2D eigenvalue weighted by molar-refractivity contribution is 7.18. The molecule has 0 spiro atoms. The van der Waals surface area contributed by atoms with Crippen LogP contribution in [0.25, 0.3) is 0 Å². The van der Waals surface area contributed by atoms with Gasteiger partial charge in [-0.3, -0.25) is 4.79 Å². The molecule has 2 rings (SSSR count). The van der Waals surface area contributed by atoms with Gasteiger partial charge < -0.3 is 0 Å². The summed E-state index contributed by atoms with van der Waals surface area (Å²) in [7, 11) is 0. The minimum atomic E-state index is -0.0825. The molecule has 0 N–H and O–H groups in total. The van der Waals surface area contributed by atoms with E-state index in [-0.39, 0.29) is 11.7 Å². The van der Waals surface area contributed by atoms with Crippen LogP contribution in [0.4, 0.5) is 0 Å². The monoisotopic (exact) mass is 292 g/mol. The number of benzene rings is 1. The van der Waals surface area contributed by atoms with Gasteiger partial charge in [-0.25, -0.2) is 0 Å². The Bertz CT molecular complexity index is 547. The molecule has 2 atom stereocenters. The van der Waals surface area contributed by atoms with Crippen LogP contribution in [-0.4, -0.2) is 5.78 Å². The van der Waals surface area contributed by atoms with Crippen LogP contribution >= 0.6 is 22.9 Å². The second-order valence-corrected chi connectivity index (χ2v) is 6.46. The average Bonchev–Trinajstić information content (AvgIpc) is 2.86. The molecule has 2 unspecified atom stereocenters. The fraction of sp³-hybridized carbons (Fsp3) is 0.312. The number of rotatable bonds is 5. The van der Waals surface area contributed by atoms with Gasteiger partial charge in [0.15, 0.2) is 5.78 Å². The predicted molar refractivity (Wildman–Crippen MR) is 82.3 cm³/mol. The summed E-state index contributed by atoms with van der Waals surface area (Å²) in [4.78, 5) is 13.5. The normalized spacial score (nSPS) is 14.1. The van der Waals surface area contributed by atoms with Crippen molar-refractivity contribution in [2.24, 2.45) is 5.92 Å². The first-order valence-corrected chi connectivity index (χ1v) is 7.67. The molecule has 0 saturated carbocycles. The van der Waals surface area contributed by atoms with Gasteiger partial charge in [0.05, 0.1) is 15.1 Å². The SMILES string of the molecule is CCC(C)C(C(=O)c1ccc(Cl)s1)c1ccccc1. The molecular weight excluding hydrogens is 276 g/mol. The number of carbonyl (C=O) groups excluding carboxylic acids is 1. The van der Waals surface area contributed by atoms with Crippen molar-refractivity contribution >= 4 is 28.7 Å². The Hall–Kier alpha value is -1.12. The van der Waals surface area contributed by atoms with Crippen LogP contribution in [-0.2, 0) is 0 Å². The number of halogens is 1. The Morgan fingerprint density at radius 1 is 1.21 bits per heavy atom. The molecule has 100 valence electrons. The van der Waals surface area contributed by atoms with Crippen molar-refractivity contribution in [2.45, 2.75) is 26.2 Å². The minimum absolute atomic E-state index is 0.0825. The average molecular weight is 293 g/mol. The summed E-state index contributed by atoms with van der Waals surface area (Å²) in [5.74, 6) is 0.411. The molecule has 0 aliphatic heterocycles. The Labute approximate surface area is 123 Å². The maximum absolute atomic E-state index is 12.7. The molecule has 0 radical (unpaired) electrons. The van der Waals surface area contributed by atoms with Crippen LogP contribution in [0, 0.1) is 5.92 Å². The lowest BCUT2D eigenvalue weighted by Gasteiger charge is -2.21. The maximum atomic E-state index is 12.7. The third kappa shape index (κ3) is 3.26. The first-order chi connectivity index (χ1) is 9.13. The van der Waals surface area contributed by atoms with Gasteiger partial charge in [0, 0.05) is 0 Å². The Morgan fingerprint density at radius 2 is 1.89 bits per heavy atom. The third-order valence-corrected chi connectivity index (χ3v) is 4.72. The highest BCUT2D eigenvalue weighted by Gasteiger charge is 2.27. The number of carbonyl (C=O) groups is 1. The third-order valence-electron chi connectivity index (χ3n) is 3.47. The van der Waals surface area contributed by atoms with Gasteiger partial charge in [0.2, 0.25) is 0 Å². The topological polar surface area (TPSA) is 17.1 Å². The van der Waals surface area contributed by atoms with Crippen molar-refractivity contribution in [3.05, 3.63) is 57.2 Å². The number of thiophene rings is 1. The molecule has 0 aliphatic rings. The lowest BCUT2D eigenvalue weighted by Crippen LogP contribution is -2.19. The molecule has 1 aromatic heterocycles. The van der Waals surface area contributed by atoms with Crippen LogP contribution in [0.5, 0.6) is 0 Å². The highest BCUT2D eigenvalue weighted by atomic mass is 35.5. The fourth-order valence-electron chi connectivity index (χ4n) is 2.23. The summed E-state index contributed by atoms with van der Waals surface area (Å²) in [6.45, 7) is 4.25. The second-order valence-electron chi connectivity index (χ2n) is 4.74. The van der Waals surface area contributed by atoms with Gasteiger partial charge in [0.1, 0.15) is 0 Å². The molecule has 2 aromatic rings. The first-order valence-electron chi connectivity index (χ1n) is 6.48. The molecule has 0 amide bonds. The smallest absolute Gasteiger partial charge is 0.180 e. The van der Waals surface area contributed by atoms with Crippen molar-refractivity contribution in [2.75, 3.05) is 0 Å². The quantitative estimate of drug-likeness (QED) is 0.673. The van der Waals surface area contributed by atoms with Crippen molar-refractivity contribution in [3.8, 4) is 0 Å². The van der Waals surface area contributed by atoms with E-state index in [0.717, 1.165) is 16.9 Å². The molecule has 0 bridgehead atoms. The fourth-order valence-corrected chi connectivity index (χ4v) is 3.26. The molecule has 19 heavy (non-hydrogen) atoms. The zero-order chi connectivity index (χ0) is 13.8. The Balaban J connectivity index is 2.36. The summed E-state index contributed by atoms with van der Waals surface area (Å²) < 4.78 is 0.666. The van der Waals surface area contributed by atoms with Crippen LogP contribution in [0.2, 0.25) is 4.34 Å². The predicted octanol–water partition coefficient (Wildman–Crippen LogP) is 5.41. The van der Waals surface area contributed by atoms with Crippen LogP contribution < -0.4 is 0 Å². The van der Waals surface area contributed by atoms with Gasteiger partial charge in [-0.2, -0.15) is 0 Å². The lowest BCUT2D eigenvalue weighted by molar-refractivity contribution is 0.0936. The lowest BCUT2D eigenvalue weighted by atomic mass is 9.82. The second kappa shape index (κ2) is 6.36. The Kier molecular flexibility index (Phi) is 4.78. The zero-order valence-corrected chi connectivity index (χ0v) is 12.7. The number of ketones is 1. The minimum Gasteiger partial charge on any atom is -0.293 e. The summed E-state index contributed by atoms with van der Waals surface area (Å²) in [6.07, 6.45) is 0.977. The van der Waals surface area contributed by atoms with E-state index in [9.17, 15) is 4.79 Å². The molecule has 1 nitrogen and oxygen atoms in total. The number of Topliss-reactive ketones (excluding diaryl/α,β-unsaturated/α-hetero) is 1. The van der Waals surface area contributed by atoms with Crippen molar-refractivity contribution in [1.29, 1.82) is 0 Å². The van der Waals surface area contributed by atoms with E-state index in [0.29, 0.717) is 10.3 Å². The zero-order valence-electron chi connectivity index (χ0n) is 11.1. The van der Waals surface area contributed by atoms with Crippen LogP contribution in [0.15, 0.2) is 42.5 Å². The summed E-state index contributed by atoms with van der Waals surface area (Å²) in [5, 5.41) is 0. The molecule has 0 fully saturated rings. The molecule has 1 aromatic carbocycles. The number of hydrogen-bond acceptors (Lipinski definition) is 2. The molecule has 1 heterocycles. The van der Waals surface area contributed by atoms with Gasteiger partial charge in [0.25, 0.3) is 0 Å². The van der Waals surface area contributed by atoms with Gasteiger partial charge in [-0.05, 0) is 23.6 Å². The maximum Gasteiger partial charge on any atom is 0.180 e.